The predicted octanol–water partition coefficient (Wildman–Crippen LogP) is 0.855. The second kappa shape index (κ2) is 6.30. The van der Waals surface area contributed by atoms with Crippen LogP contribution in [0.15, 0.2) is 24.3 Å². The highest BCUT2D eigenvalue weighted by molar-refractivity contribution is 5.96. The van der Waals surface area contributed by atoms with Crippen molar-refractivity contribution in [2.45, 2.75) is 0 Å². The van der Waals surface area contributed by atoms with E-state index in [9.17, 15) is 9.59 Å². The maximum atomic E-state index is 12.0. The number of carbonyl (C=O) groups is 2. The molecule has 0 fully saturated rings. The zero-order valence-electron chi connectivity index (χ0n) is 9.92. The highest BCUT2D eigenvalue weighted by atomic mass is 16.5. The smallest absolute Gasteiger partial charge is 0.323 e. The molecule has 0 spiro atoms. The highest BCUT2D eigenvalue weighted by Gasteiger charge is 2.17. The Morgan fingerprint density at radius 3 is 2.78 bits per heavy atom. The van der Waals surface area contributed by atoms with Gasteiger partial charge in [0.2, 0.25) is 0 Å². The Morgan fingerprint density at radius 2 is 2.22 bits per heavy atom. The zero-order chi connectivity index (χ0) is 13.5. The summed E-state index contributed by atoms with van der Waals surface area (Å²) in [6.45, 7) is -0.484. The number of benzene rings is 1. The number of methoxy groups -OCH3 is 1. The lowest BCUT2D eigenvalue weighted by molar-refractivity contribution is -0.137. The topological polar surface area (TPSA) is 66.8 Å². The molecular formula is C13H13NO4. The van der Waals surface area contributed by atoms with Gasteiger partial charge in [-0.05, 0) is 18.2 Å². The maximum Gasteiger partial charge on any atom is 0.323 e. The molecule has 5 nitrogen and oxygen atoms in total. The number of hydrogen-bond donors (Lipinski definition) is 1. The lowest BCUT2D eigenvalue weighted by Crippen LogP contribution is -2.35. The summed E-state index contributed by atoms with van der Waals surface area (Å²) < 4.78 is 5.00. The minimum Gasteiger partial charge on any atom is -0.497 e. The summed E-state index contributed by atoms with van der Waals surface area (Å²) >= 11 is 0. The molecule has 18 heavy (non-hydrogen) atoms. The van der Waals surface area contributed by atoms with Crippen LogP contribution in [0.2, 0.25) is 0 Å². The quantitative estimate of drug-likeness (QED) is 0.783. The lowest BCUT2D eigenvalue weighted by atomic mass is 10.2. The van der Waals surface area contributed by atoms with Crippen molar-refractivity contribution in [2.24, 2.45) is 0 Å². The summed E-state index contributed by atoms with van der Waals surface area (Å²) in [5, 5.41) is 8.72. The number of rotatable bonds is 5. The zero-order valence-corrected chi connectivity index (χ0v) is 9.92. The number of aliphatic carboxylic acids is 1. The van der Waals surface area contributed by atoms with Crippen LogP contribution in [0.25, 0.3) is 0 Å². The van der Waals surface area contributed by atoms with Gasteiger partial charge in [0.25, 0.3) is 5.91 Å². The minimum absolute atomic E-state index is 0.0532. The second-order valence-corrected chi connectivity index (χ2v) is 3.49. The van der Waals surface area contributed by atoms with Crippen molar-refractivity contribution in [1.29, 1.82) is 0 Å². The van der Waals surface area contributed by atoms with Gasteiger partial charge in [-0.3, -0.25) is 9.59 Å². The molecule has 0 heterocycles. The molecule has 1 amide bonds. The minimum atomic E-state index is -1.11. The fourth-order valence-corrected chi connectivity index (χ4v) is 1.41. The molecule has 0 saturated carbocycles. The third-order valence-electron chi connectivity index (χ3n) is 2.21. The molecule has 1 aromatic carbocycles. The number of carbonyl (C=O) groups excluding carboxylic acids is 1. The van der Waals surface area contributed by atoms with Gasteiger partial charge in [0.05, 0.1) is 13.7 Å². The third kappa shape index (κ3) is 3.52. The molecule has 1 N–H and O–H groups in total. The van der Waals surface area contributed by atoms with Crippen molar-refractivity contribution >= 4 is 11.9 Å². The van der Waals surface area contributed by atoms with Gasteiger partial charge >= 0.3 is 5.97 Å². The summed E-state index contributed by atoms with van der Waals surface area (Å²) in [5.41, 5.74) is 0.339. The molecule has 94 valence electrons. The van der Waals surface area contributed by atoms with Crippen LogP contribution in [0.5, 0.6) is 5.75 Å². The van der Waals surface area contributed by atoms with E-state index in [-0.39, 0.29) is 6.54 Å². The average Bonchev–Trinajstić information content (AvgIpc) is 2.37. The van der Waals surface area contributed by atoms with E-state index >= 15 is 0 Å². The van der Waals surface area contributed by atoms with Crippen LogP contribution in [0, 0.1) is 12.3 Å². The van der Waals surface area contributed by atoms with Crippen LogP contribution in [-0.2, 0) is 4.79 Å². The summed E-state index contributed by atoms with van der Waals surface area (Å²) in [5.74, 6) is 1.24. The maximum absolute atomic E-state index is 12.0. The molecule has 0 radical (unpaired) electrons. The molecular weight excluding hydrogens is 234 g/mol. The molecule has 0 aliphatic carbocycles. The Bertz CT molecular complexity index is 490. The van der Waals surface area contributed by atoms with Gasteiger partial charge in [0.15, 0.2) is 0 Å². The Morgan fingerprint density at radius 1 is 1.50 bits per heavy atom. The van der Waals surface area contributed by atoms with Gasteiger partial charge in [-0.1, -0.05) is 12.0 Å². The predicted molar refractivity (Wildman–Crippen MR) is 65.4 cm³/mol. The van der Waals surface area contributed by atoms with E-state index in [4.69, 9.17) is 16.3 Å². The molecule has 0 bridgehead atoms. The van der Waals surface area contributed by atoms with E-state index < -0.39 is 18.4 Å². The molecule has 1 aromatic rings. The average molecular weight is 247 g/mol. The number of hydrogen-bond acceptors (Lipinski definition) is 3. The molecule has 0 aliphatic heterocycles. The van der Waals surface area contributed by atoms with E-state index in [0.717, 1.165) is 4.90 Å². The van der Waals surface area contributed by atoms with Gasteiger partial charge in [-0.25, -0.2) is 0 Å². The number of terminal acetylenes is 1. The van der Waals surface area contributed by atoms with Crippen molar-refractivity contribution in [1.82, 2.24) is 4.90 Å². The summed E-state index contributed by atoms with van der Waals surface area (Å²) in [7, 11) is 1.49. The van der Waals surface area contributed by atoms with Crippen molar-refractivity contribution in [3.05, 3.63) is 29.8 Å². The third-order valence-corrected chi connectivity index (χ3v) is 2.21. The fraction of sp³-hybridized carbons (Fsp3) is 0.231. The Hall–Kier alpha value is -2.48. The largest absolute Gasteiger partial charge is 0.497 e. The molecule has 0 unspecified atom stereocenters. The Balaban J connectivity index is 2.94. The molecule has 1 rings (SSSR count). The molecule has 0 aromatic heterocycles. The van der Waals surface area contributed by atoms with Gasteiger partial charge in [-0.15, -0.1) is 6.42 Å². The molecule has 0 atom stereocenters. The van der Waals surface area contributed by atoms with Crippen molar-refractivity contribution in [3.8, 4) is 18.1 Å². The monoisotopic (exact) mass is 247 g/mol. The van der Waals surface area contributed by atoms with Crippen LogP contribution >= 0.6 is 0 Å². The molecule has 5 heteroatoms. The number of carboxylic acid groups (broad SMARTS) is 1. The Labute approximate surface area is 105 Å². The summed E-state index contributed by atoms with van der Waals surface area (Å²) in [6, 6.07) is 6.46. The first-order valence-corrected chi connectivity index (χ1v) is 5.17. The van der Waals surface area contributed by atoms with E-state index in [1.54, 1.807) is 18.2 Å². The first kappa shape index (κ1) is 13.6. The number of carboxylic acids is 1. The summed E-state index contributed by atoms with van der Waals surface area (Å²) in [6.07, 6.45) is 5.12. The Kier molecular flexibility index (Phi) is 4.76. The van der Waals surface area contributed by atoms with E-state index in [0.29, 0.717) is 11.3 Å². The number of nitrogens with zero attached hydrogens (tertiary/aromatic N) is 1. The van der Waals surface area contributed by atoms with Gasteiger partial charge in [0, 0.05) is 5.56 Å². The van der Waals surface area contributed by atoms with Crippen LogP contribution in [-0.4, -0.2) is 42.1 Å². The highest BCUT2D eigenvalue weighted by Crippen LogP contribution is 2.14. The SMILES string of the molecule is C#CCN(CC(=O)O)C(=O)c1cccc(OC)c1. The van der Waals surface area contributed by atoms with Gasteiger partial charge in [0.1, 0.15) is 12.3 Å². The molecule has 0 aliphatic rings. The number of amides is 1. The second-order valence-electron chi connectivity index (χ2n) is 3.49. The lowest BCUT2D eigenvalue weighted by Gasteiger charge is -2.18. The first-order chi connectivity index (χ1) is 8.58. The van der Waals surface area contributed by atoms with Gasteiger partial charge < -0.3 is 14.7 Å². The summed E-state index contributed by atoms with van der Waals surface area (Å²) in [4.78, 5) is 23.8. The van der Waals surface area contributed by atoms with Crippen molar-refractivity contribution in [2.75, 3.05) is 20.2 Å². The van der Waals surface area contributed by atoms with Crippen molar-refractivity contribution in [3.63, 3.8) is 0 Å². The van der Waals surface area contributed by atoms with Crippen LogP contribution in [0.3, 0.4) is 0 Å². The van der Waals surface area contributed by atoms with Crippen molar-refractivity contribution < 1.29 is 19.4 Å². The standard InChI is InChI=1S/C13H13NO4/c1-3-7-14(9-12(15)16)13(17)10-5-4-6-11(8-10)18-2/h1,4-6,8H,7,9H2,2H3,(H,15,16). The van der Waals surface area contributed by atoms with E-state index in [1.807, 2.05) is 0 Å². The first-order valence-electron chi connectivity index (χ1n) is 5.17. The fourth-order valence-electron chi connectivity index (χ4n) is 1.41. The van der Waals surface area contributed by atoms with E-state index in [1.165, 1.54) is 13.2 Å². The normalized spacial score (nSPS) is 9.33. The van der Waals surface area contributed by atoms with Crippen LogP contribution in [0.1, 0.15) is 10.4 Å². The molecule has 0 saturated heterocycles. The number of ether oxygens (including phenoxy) is 1. The van der Waals surface area contributed by atoms with Crippen LogP contribution < -0.4 is 4.74 Å². The van der Waals surface area contributed by atoms with Crippen LogP contribution in [0.4, 0.5) is 0 Å². The van der Waals surface area contributed by atoms with Gasteiger partial charge in [-0.2, -0.15) is 0 Å². The van der Waals surface area contributed by atoms with E-state index in [2.05, 4.69) is 5.92 Å².